The molecule has 0 aromatic rings. The highest BCUT2D eigenvalue weighted by molar-refractivity contribution is 5.82. The fraction of sp³-hybridized carbons (Fsp3) is 0.929. The van der Waals surface area contributed by atoms with Crippen LogP contribution in [0, 0.1) is 5.41 Å². The van der Waals surface area contributed by atoms with Gasteiger partial charge < -0.3 is 10.0 Å². The molecule has 1 N–H and O–H groups in total. The third kappa shape index (κ3) is 2.82. The van der Waals surface area contributed by atoms with E-state index >= 15 is 0 Å². The first kappa shape index (κ1) is 12.9. The number of aliphatic hydroxyl groups is 1. The highest BCUT2D eigenvalue weighted by Gasteiger charge is 2.39. The number of piperidine rings is 1. The molecule has 0 radical (unpaired) electrons. The highest BCUT2D eigenvalue weighted by Crippen LogP contribution is 2.38. The summed E-state index contributed by atoms with van der Waals surface area (Å²) in [6, 6.07) is 0. The maximum absolute atomic E-state index is 12.5. The number of carbonyl (C=O) groups is 1. The summed E-state index contributed by atoms with van der Waals surface area (Å²) in [5.41, 5.74) is -0.689. The van der Waals surface area contributed by atoms with Crippen molar-refractivity contribution in [1.82, 2.24) is 4.90 Å². The molecule has 17 heavy (non-hydrogen) atoms. The van der Waals surface area contributed by atoms with Crippen molar-refractivity contribution in [3.05, 3.63) is 0 Å². The largest absolute Gasteiger partial charge is 0.390 e. The van der Waals surface area contributed by atoms with Crippen LogP contribution < -0.4 is 0 Å². The molecular weight excluding hydrogens is 214 g/mol. The Morgan fingerprint density at radius 2 is 1.53 bits per heavy atom. The van der Waals surface area contributed by atoms with Gasteiger partial charge >= 0.3 is 0 Å². The Kier molecular flexibility index (Phi) is 3.48. The van der Waals surface area contributed by atoms with Gasteiger partial charge in [-0.25, -0.2) is 0 Å². The fourth-order valence-corrected chi connectivity index (χ4v) is 3.12. The molecule has 0 aromatic carbocycles. The lowest BCUT2D eigenvalue weighted by atomic mass is 9.74. The van der Waals surface area contributed by atoms with Gasteiger partial charge in [0.25, 0.3) is 0 Å². The predicted molar refractivity (Wildman–Crippen MR) is 67.6 cm³/mol. The van der Waals surface area contributed by atoms with E-state index < -0.39 is 5.60 Å². The second kappa shape index (κ2) is 4.60. The molecule has 1 saturated heterocycles. The third-order valence-corrected chi connectivity index (χ3v) is 4.60. The van der Waals surface area contributed by atoms with Crippen LogP contribution in [0.1, 0.15) is 58.8 Å². The van der Waals surface area contributed by atoms with Crippen molar-refractivity contribution < 1.29 is 9.90 Å². The second-order valence-corrected chi connectivity index (χ2v) is 6.41. The maximum Gasteiger partial charge on any atom is 0.228 e. The molecule has 1 saturated carbocycles. The Bertz CT molecular complexity index is 283. The molecule has 1 aliphatic heterocycles. The molecule has 3 nitrogen and oxygen atoms in total. The topological polar surface area (TPSA) is 40.5 Å². The average molecular weight is 239 g/mol. The minimum Gasteiger partial charge on any atom is -0.390 e. The molecule has 2 fully saturated rings. The van der Waals surface area contributed by atoms with Gasteiger partial charge in [-0.3, -0.25) is 4.79 Å². The molecule has 3 heteroatoms. The van der Waals surface area contributed by atoms with Crippen molar-refractivity contribution in [1.29, 1.82) is 0 Å². The minimum atomic E-state index is -0.565. The third-order valence-electron chi connectivity index (χ3n) is 4.60. The summed E-state index contributed by atoms with van der Waals surface area (Å²) in [5.74, 6) is 0.327. The quantitative estimate of drug-likeness (QED) is 0.763. The van der Waals surface area contributed by atoms with Crippen LogP contribution in [0.15, 0.2) is 0 Å². The molecule has 1 heterocycles. The van der Waals surface area contributed by atoms with Crippen LogP contribution in [0.4, 0.5) is 0 Å². The van der Waals surface area contributed by atoms with Crippen LogP contribution in [0.25, 0.3) is 0 Å². The van der Waals surface area contributed by atoms with Crippen molar-refractivity contribution in [3.8, 4) is 0 Å². The fourth-order valence-electron chi connectivity index (χ4n) is 3.12. The number of nitrogens with zero attached hydrogens (tertiary/aromatic N) is 1. The SMILES string of the molecule is CC1(O)CCN(C(=O)C2(C)CCCCC2)CC1. The molecule has 0 atom stereocenters. The zero-order valence-electron chi connectivity index (χ0n) is 11.2. The molecule has 1 amide bonds. The van der Waals surface area contributed by atoms with Crippen LogP contribution in [0.3, 0.4) is 0 Å². The first-order valence-electron chi connectivity index (χ1n) is 6.95. The van der Waals surface area contributed by atoms with E-state index in [9.17, 15) is 9.90 Å². The predicted octanol–water partition coefficient (Wildman–Crippen LogP) is 2.33. The average Bonchev–Trinajstić information content (AvgIpc) is 2.29. The van der Waals surface area contributed by atoms with Crippen molar-refractivity contribution in [2.45, 2.75) is 64.4 Å². The molecule has 1 aliphatic carbocycles. The van der Waals surface area contributed by atoms with Crippen molar-refractivity contribution in [3.63, 3.8) is 0 Å². The van der Waals surface area contributed by atoms with E-state index in [1.54, 1.807) is 0 Å². The standard InChI is InChI=1S/C14H25NO2/c1-13(6-4-3-5-7-13)12(16)15-10-8-14(2,17)9-11-15/h17H,3-11H2,1-2H3. The van der Waals surface area contributed by atoms with E-state index in [-0.39, 0.29) is 5.41 Å². The highest BCUT2D eigenvalue weighted by atomic mass is 16.3. The van der Waals surface area contributed by atoms with Gasteiger partial charge in [0.1, 0.15) is 0 Å². The summed E-state index contributed by atoms with van der Waals surface area (Å²) in [4.78, 5) is 14.5. The lowest BCUT2D eigenvalue weighted by molar-refractivity contribution is -0.146. The van der Waals surface area contributed by atoms with E-state index in [1.807, 2.05) is 11.8 Å². The number of carbonyl (C=O) groups excluding carboxylic acids is 1. The van der Waals surface area contributed by atoms with Crippen LogP contribution in [-0.4, -0.2) is 34.6 Å². The monoisotopic (exact) mass is 239 g/mol. The lowest BCUT2D eigenvalue weighted by Crippen LogP contribution is -2.50. The van der Waals surface area contributed by atoms with Gasteiger partial charge in [-0.05, 0) is 32.6 Å². The van der Waals surface area contributed by atoms with Crippen molar-refractivity contribution in [2.24, 2.45) is 5.41 Å². The number of amides is 1. The second-order valence-electron chi connectivity index (χ2n) is 6.41. The number of likely N-dealkylation sites (tertiary alicyclic amines) is 1. The van der Waals surface area contributed by atoms with Crippen molar-refractivity contribution >= 4 is 5.91 Å². The molecule has 0 bridgehead atoms. The first-order chi connectivity index (χ1) is 7.93. The molecule has 2 aliphatic rings. The van der Waals surface area contributed by atoms with E-state index in [1.165, 1.54) is 19.3 Å². The smallest absolute Gasteiger partial charge is 0.228 e. The lowest BCUT2D eigenvalue weighted by Gasteiger charge is -2.41. The summed E-state index contributed by atoms with van der Waals surface area (Å²) in [5, 5.41) is 9.91. The molecular formula is C14H25NO2. The van der Waals surface area contributed by atoms with Gasteiger partial charge in [0, 0.05) is 18.5 Å². The summed E-state index contributed by atoms with van der Waals surface area (Å²) >= 11 is 0. The number of rotatable bonds is 1. The zero-order chi connectivity index (χ0) is 12.5. The van der Waals surface area contributed by atoms with Gasteiger partial charge in [0.2, 0.25) is 5.91 Å². The van der Waals surface area contributed by atoms with Gasteiger partial charge in [0.15, 0.2) is 0 Å². The van der Waals surface area contributed by atoms with Crippen molar-refractivity contribution in [2.75, 3.05) is 13.1 Å². The molecule has 98 valence electrons. The maximum atomic E-state index is 12.5. The summed E-state index contributed by atoms with van der Waals surface area (Å²) < 4.78 is 0. The van der Waals surface area contributed by atoms with Gasteiger partial charge in [0.05, 0.1) is 5.60 Å². The Labute approximate surface area is 104 Å². The van der Waals surface area contributed by atoms with E-state index in [2.05, 4.69) is 6.92 Å². The number of hydrogen-bond acceptors (Lipinski definition) is 2. The van der Waals surface area contributed by atoms with E-state index in [0.717, 1.165) is 38.8 Å². The normalized spacial score (nSPS) is 27.8. The van der Waals surface area contributed by atoms with Crippen LogP contribution in [0.2, 0.25) is 0 Å². The molecule has 0 aromatic heterocycles. The molecule has 0 unspecified atom stereocenters. The first-order valence-corrected chi connectivity index (χ1v) is 6.95. The van der Waals surface area contributed by atoms with Crippen LogP contribution in [-0.2, 0) is 4.79 Å². The summed E-state index contributed by atoms with van der Waals surface area (Å²) in [6.45, 7) is 5.45. The summed E-state index contributed by atoms with van der Waals surface area (Å²) in [6.07, 6.45) is 7.17. The van der Waals surface area contributed by atoms with Gasteiger partial charge in [-0.15, -0.1) is 0 Å². The summed E-state index contributed by atoms with van der Waals surface area (Å²) in [7, 11) is 0. The minimum absolute atomic E-state index is 0.124. The Morgan fingerprint density at radius 3 is 2.06 bits per heavy atom. The zero-order valence-corrected chi connectivity index (χ0v) is 11.2. The Hall–Kier alpha value is -0.570. The number of hydrogen-bond donors (Lipinski definition) is 1. The van der Waals surface area contributed by atoms with Gasteiger partial charge in [-0.2, -0.15) is 0 Å². The molecule has 2 rings (SSSR count). The van der Waals surface area contributed by atoms with Crippen LogP contribution >= 0.6 is 0 Å². The van der Waals surface area contributed by atoms with E-state index in [4.69, 9.17) is 0 Å². The van der Waals surface area contributed by atoms with Crippen LogP contribution in [0.5, 0.6) is 0 Å². The Morgan fingerprint density at radius 1 is 1.00 bits per heavy atom. The molecule has 0 spiro atoms. The van der Waals surface area contributed by atoms with E-state index in [0.29, 0.717) is 5.91 Å². The van der Waals surface area contributed by atoms with Gasteiger partial charge in [-0.1, -0.05) is 26.2 Å². The Balaban J connectivity index is 1.96.